The van der Waals surface area contributed by atoms with Gasteiger partial charge in [0.15, 0.2) is 0 Å². The molecule has 0 aromatic heterocycles. The van der Waals surface area contributed by atoms with E-state index in [2.05, 4.69) is 0 Å². The number of nitrogens with zero attached hydrogens (tertiary/aromatic N) is 2. The summed E-state index contributed by atoms with van der Waals surface area (Å²) in [6.45, 7) is 6.54. The van der Waals surface area contributed by atoms with Gasteiger partial charge in [0.2, 0.25) is 5.91 Å². The number of amides is 2. The molecule has 0 radical (unpaired) electrons. The molecule has 138 valence electrons. The molecule has 0 N–H and O–H groups in total. The van der Waals surface area contributed by atoms with Crippen molar-refractivity contribution < 1.29 is 23.5 Å². The Balaban J connectivity index is 1.66. The summed E-state index contributed by atoms with van der Waals surface area (Å²) in [7, 11) is 0. The SMILES string of the molecule is CC(C)COC(=O)N1CCN(C(=O)CCOc2ccc(F)cc2)CC1. The van der Waals surface area contributed by atoms with Gasteiger partial charge in [0.25, 0.3) is 0 Å². The summed E-state index contributed by atoms with van der Waals surface area (Å²) in [6, 6.07) is 5.69. The number of benzene rings is 1. The zero-order valence-corrected chi connectivity index (χ0v) is 14.7. The highest BCUT2D eigenvalue weighted by atomic mass is 19.1. The number of carbonyl (C=O) groups is 2. The van der Waals surface area contributed by atoms with E-state index in [4.69, 9.17) is 9.47 Å². The molecular weight excluding hydrogens is 327 g/mol. The highest BCUT2D eigenvalue weighted by molar-refractivity contribution is 5.77. The van der Waals surface area contributed by atoms with Gasteiger partial charge in [-0.05, 0) is 30.2 Å². The van der Waals surface area contributed by atoms with Crippen molar-refractivity contribution in [2.45, 2.75) is 20.3 Å². The second-order valence-corrected chi connectivity index (χ2v) is 6.39. The Morgan fingerprint density at radius 2 is 1.68 bits per heavy atom. The summed E-state index contributed by atoms with van der Waals surface area (Å²) >= 11 is 0. The minimum atomic E-state index is -0.326. The van der Waals surface area contributed by atoms with E-state index in [1.54, 1.807) is 9.80 Å². The first kappa shape index (κ1) is 19.0. The van der Waals surface area contributed by atoms with E-state index < -0.39 is 0 Å². The topological polar surface area (TPSA) is 59.1 Å². The number of halogens is 1. The van der Waals surface area contributed by atoms with E-state index in [0.717, 1.165) is 0 Å². The highest BCUT2D eigenvalue weighted by Gasteiger charge is 2.24. The molecule has 1 saturated heterocycles. The van der Waals surface area contributed by atoms with Crippen molar-refractivity contribution in [2.75, 3.05) is 39.4 Å². The van der Waals surface area contributed by atoms with Crippen LogP contribution in [0.15, 0.2) is 24.3 Å². The predicted octanol–water partition coefficient (Wildman–Crippen LogP) is 2.53. The molecular formula is C18H25FN2O4. The van der Waals surface area contributed by atoms with Crippen molar-refractivity contribution in [2.24, 2.45) is 5.92 Å². The first-order valence-corrected chi connectivity index (χ1v) is 8.53. The van der Waals surface area contributed by atoms with E-state index in [0.29, 0.717) is 44.5 Å². The number of ether oxygens (including phenoxy) is 2. The lowest BCUT2D eigenvalue weighted by atomic mass is 10.2. The van der Waals surface area contributed by atoms with Crippen LogP contribution in [0, 0.1) is 11.7 Å². The molecule has 1 aromatic carbocycles. The zero-order chi connectivity index (χ0) is 18.2. The maximum absolute atomic E-state index is 12.8. The highest BCUT2D eigenvalue weighted by Crippen LogP contribution is 2.12. The molecule has 0 unspecified atom stereocenters. The summed E-state index contributed by atoms with van der Waals surface area (Å²) in [4.78, 5) is 27.4. The quantitative estimate of drug-likeness (QED) is 0.789. The van der Waals surface area contributed by atoms with E-state index in [1.165, 1.54) is 24.3 Å². The van der Waals surface area contributed by atoms with E-state index in [1.807, 2.05) is 13.8 Å². The van der Waals surface area contributed by atoms with Gasteiger partial charge in [-0.25, -0.2) is 9.18 Å². The Kier molecular flexibility index (Phi) is 7.03. The largest absolute Gasteiger partial charge is 0.493 e. The van der Waals surface area contributed by atoms with Crippen molar-refractivity contribution in [1.29, 1.82) is 0 Å². The summed E-state index contributed by atoms with van der Waals surface area (Å²) in [5.41, 5.74) is 0. The third-order valence-electron chi connectivity index (χ3n) is 3.83. The van der Waals surface area contributed by atoms with Crippen LogP contribution in [0.3, 0.4) is 0 Å². The smallest absolute Gasteiger partial charge is 0.409 e. The molecule has 1 aromatic rings. The molecule has 0 spiro atoms. The Morgan fingerprint density at radius 3 is 2.28 bits per heavy atom. The number of piperazine rings is 1. The molecule has 1 aliphatic heterocycles. The van der Waals surface area contributed by atoms with Crippen molar-refractivity contribution in [3.63, 3.8) is 0 Å². The van der Waals surface area contributed by atoms with Crippen LogP contribution in [-0.2, 0) is 9.53 Å². The van der Waals surface area contributed by atoms with Crippen LogP contribution in [-0.4, -0.2) is 61.2 Å². The third kappa shape index (κ3) is 6.25. The molecule has 7 heteroatoms. The predicted molar refractivity (Wildman–Crippen MR) is 90.9 cm³/mol. The fourth-order valence-electron chi connectivity index (χ4n) is 2.41. The van der Waals surface area contributed by atoms with Crippen molar-refractivity contribution in [3.05, 3.63) is 30.1 Å². The number of rotatable bonds is 6. The molecule has 0 saturated carbocycles. The van der Waals surface area contributed by atoms with Gasteiger partial charge in [-0.1, -0.05) is 13.8 Å². The van der Waals surface area contributed by atoms with Crippen LogP contribution in [0.1, 0.15) is 20.3 Å². The Morgan fingerprint density at radius 1 is 1.08 bits per heavy atom. The minimum Gasteiger partial charge on any atom is -0.493 e. The maximum Gasteiger partial charge on any atom is 0.409 e. The van der Waals surface area contributed by atoms with E-state index >= 15 is 0 Å². The van der Waals surface area contributed by atoms with Gasteiger partial charge >= 0.3 is 6.09 Å². The van der Waals surface area contributed by atoms with Gasteiger partial charge in [0.05, 0.1) is 19.6 Å². The molecule has 2 amide bonds. The van der Waals surface area contributed by atoms with Crippen LogP contribution in [0.2, 0.25) is 0 Å². The summed E-state index contributed by atoms with van der Waals surface area (Å²) in [6.07, 6.45) is -0.0738. The molecule has 6 nitrogen and oxygen atoms in total. The summed E-state index contributed by atoms with van der Waals surface area (Å²) < 4.78 is 23.4. The molecule has 1 heterocycles. The van der Waals surface area contributed by atoms with Crippen LogP contribution in [0.25, 0.3) is 0 Å². The molecule has 1 fully saturated rings. The fraction of sp³-hybridized carbons (Fsp3) is 0.556. The van der Waals surface area contributed by atoms with Gasteiger partial charge in [-0.2, -0.15) is 0 Å². The number of hydrogen-bond donors (Lipinski definition) is 0. The number of carbonyl (C=O) groups excluding carboxylic acids is 2. The normalized spacial score (nSPS) is 14.6. The van der Waals surface area contributed by atoms with Crippen LogP contribution < -0.4 is 4.74 Å². The zero-order valence-electron chi connectivity index (χ0n) is 14.7. The van der Waals surface area contributed by atoms with Crippen LogP contribution in [0.4, 0.5) is 9.18 Å². The molecule has 0 aliphatic carbocycles. The van der Waals surface area contributed by atoms with Crippen molar-refractivity contribution in [1.82, 2.24) is 9.80 Å². The van der Waals surface area contributed by atoms with E-state index in [9.17, 15) is 14.0 Å². The molecule has 25 heavy (non-hydrogen) atoms. The standard InChI is InChI=1S/C18H25FN2O4/c1-14(2)13-25-18(23)21-10-8-20(9-11-21)17(22)7-12-24-16-5-3-15(19)4-6-16/h3-6,14H,7-13H2,1-2H3. The van der Waals surface area contributed by atoms with Crippen LogP contribution in [0.5, 0.6) is 5.75 Å². The second-order valence-electron chi connectivity index (χ2n) is 6.39. The second kappa shape index (κ2) is 9.25. The average Bonchev–Trinajstić information content (AvgIpc) is 2.61. The van der Waals surface area contributed by atoms with Gasteiger partial charge in [0.1, 0.15) is 11.6 Å². The van der Waals surface area contributed by atoms with Gasteiger partial charge < -0.3 is 19.3 Å². The monoisotopic (exact) mass is 352 g/mol. The minimum absolute atomic E-state index is 0.0164. The lowest BCUT2D eigenvalue weighted by Crippen LogP contribution is -2.51. The van der Waals surface area contributed by atoms with Gasteiger partial charge in [-0.15, -0.1) is 0 Å². The lowest BCUT2D eigenvalue weighted by Gasteiger charge is -2.34. The Hall–Kier alpha value is -2.31. The maximum atomic E-state index is 12.8. The van der Waals surface area contributed by atoms with Crippen molar-refractivity contribution in [3.8, 4) is 5.75 Å². The Bertz CT molecular complexity index is 569. The van der Waals surface area contributed by atoms with Gasteiger partial charge in [0, 0.05) is 26.2 Å². The molecule has 0 bridgehead atoms. The molecule has 1 aliphatic rings. The first-order valence-electron chi connectivity index (χ1n) is 8.53. The molecule has 0 atom stereocenters. The molecule has 2 rings (SSSR count). The van der Waals surface area contributed by atoms with Gasteiger partial charge in [-0.3, -0.25) is 4.79 Å². The summed E-state index contributed by atoms with van der Waals surface area (Å²) in [5.74, 6) is 0.491. The fourth-order valence-corrected chi connectivity index (χ4v) is 2.41. The lowest BCUT2D eigenvalue weighted by molar-refractivity contribution is -0.133. The Labute approximate surface area is 147 Å². The van der Waals surface area contributed by atoms with Crippen LogP contribution >= 0.6 is 0 Å². The van der Waals surface area contributed by atoms with Crippen molar-refractivity contribution >= 4 is 12.0 Å². The summed E-state index contributed by atoms with van der Waals surface area (Å²) in [5, 5.41) is 0. The number of hydrogen-bond acceptors (Lipinski definition) is 4. The first-order chi connectivity index (χ1) is 12.0. The van der Waals surface area contributed by atoms with E-state index in [-0.39, 0.29) is 30.8 Å². The average molecular weight is 352 g/mol. The third-order valence-corrected chi connectivity index (χ3v) is 3.83.